The fraction of sp³-hybridized carbons (Fsp3) is 0.483. The number of ether oxygens (including phenoxy) is 1. The maximum absolute atomic E-state index is 12.8. The minimum atomic E-state index is 0.105. The normalized spacial score (nSPS) is 17.9. The zero-order chi connectivity index (χ0) is 25.1. The second-order valence-electron chi connectivity index (χ2n) is 10.0. The molecule has 36 heavy (non-hydrogen) atoms. The van der Waals surface area contributed by atoms with Crippen LogP contribution in [0.4, 0.5) is 0 Å². The molecule has 7 heteroatoms. The Morgan fingerprint density at radius 2 is 1.78 bits per heavy atom. The lowest BCUT2D eigenvalue weighted by atomic mass is 10.0. The molecule has 2 fully saturated rings. The van der Waals surface area contributed by atoms with Gasteiger partial charge in [0.2, 0.25) is 5.91 Å². The Labute approximate surface area is 213 Å². The van der Waals surface area contributed by atoms with E-state index < -0.39 is 0 Å². The van der Waals surface area contributed by atoms with Crippen LogP contribution in [0.15, 0.2) is 36.4 Å². The predicted octanol–water partition coefficient (Wildman–Crippen LogP) is 4.00. The second kappa shape index (κ2) is 10.9. The summed E-state index contributed by atoms with van der Waals surface area (Å²) in [5.41, 5.74) is 6.35. The highest BCUT2D eigenvalue weighted by Gasteiger charge is 2.27. The van der Waals surface area contributed by atoms with Crippen LogP contribution >= 0.6 is 0 Å². The van der Waals surface area contributed by atoms with Gasteiger partial charge in [0.25, 0.3) is 0 Å². The van der Waals surface area contributed by atoms with Crippen molar-refractivity contribution in [2.75, 3.05) is 39.4 Å². The number of hydrogen-bond acceptors (Lipinski definition) is 5. The Morgan fingerprint density at radius 3 is 2.47 bits per heavy atom. The molecule has 4 heterocycles. The molecule has 1 amide bonds. The Morgan fingerprint density at radius 1 is 1.06 bits per heavy atom. The molecule has 0 atom stereocenters. The van der Waals surface area contributed by atoms with Crippen molar-refractivity contribution in [3.8, 4) is 0 Å². The molecular formula is C29H37N5O2. The summed E-state index contributed by atoms with van der Waals surface area (Å²) in [5, 5.41) is 0. The standard InChI is InChI=1S/C29H37N5O2/c1-4-26-31-28-21(2)19-22(3)30-29(28)34(26)20-24-7-5-23(6-8-24)9-10-27(35)33-13-11-25(12-14-33)32-15-17-36-18-16-32/h5-10,19,25H,4,11-18,20H2,1-3H3. The van der Waals surface area contributed by atoms with Gasteiger partial charge in [-0.3, -0.25) is 9.69 Å². The van der Waals surface area contributed by atoms with E-state index in [-0.39, 0.29) is 5.91 Å². The SMILES string of the molecule is CCc1nc2c(C)cc(C)nc2n1Cc1ccc(C=CC(=O)N2CCC(N3CCOCC3)CC2)cc1. The third-order valence-corrected chi connectivity index (χ3v) is 7.49. The van der Waals surface area contributed by atoms with Gasteiger partial charge in [-0.05, 0) is 55.5 Å². The molecule has 2 aliphatic heterocycles. The van der Waals surface area contributed by atoms with Crippen molar-refractivity contribution < 1.29 is 9.53 Å². The fourth-order valence-electron chi connectivity index (χ4n) is 5.47. The second-order valence-corrected chi connectivity index (χ2v) is 10.0. The first-order valence-electron chi connectivity index (χ1n) is 13.2. The molecule has 0 unspecified atom stereocenters. The molecule has 0 bridgehead atoms. The number of aromatic nitrogens is 3. The molecule has 0 N–H and O–H groups in total. The first kappa shape index (κ1) is 24.7. The number of hydrogen-bond donors (Lipinski definition) is 0. The quantitative estimate of drug-likeness (QED) is 0.492. The first-order valence-corrected chi connectivity index (χ1v) is 13.2. The molecule has 190 valence electrons. The largest absolute Gasteiger partial charge is 0.379 e. The fourth-order valence-corrected chi connectivity index (χ4v) is 5.47. The molecule has 0 radical (unpaired) electrons. The Kier molecular flexibility index (Phi) is 7.48. The van der Waals surface area contributed by atoms with Crippen molar-refractivity contribution in [1.29, 1.82) is 0 Å². The summed E-state index contributed by atoms with van der Waals surface area (Å²) < 4.78 is 7.70. The van der Waals surface area contributed by atoms with Crippen molar-refractivity contribution in [2.45, 2.75) is 52.6 Å². The number of piperidine rings is 1. The highest BCUT2D eigenvalue weighted by Crippen LogP contribution is 2.22. The van der Waals surface area contributed by atoms with E-state index in [1.54, 1.807) is 6.08 Å². The van der Waals surface area contributed by atoms with Crippen molar-refractivity contribution >= 4 is 23.1 Å². The van der Waals surface area contributed by atoms with E-state index in [0.29, 0.717) is 6.04 Å². The van der Waals surface area contributed by atoms with Gasteiger partial charge in [0.1, 0.15) is 11.3 Å². The number of carbonyl (C=O) groups is 1. The van der Waals surface area contributed by atoms with E-state index in [9.17, 15) is 4.79 Å². The zero-order valence-electron chi connectivity index (χ0n) is 21.7. The molecule has 2 aromatic heterocycles. The van der Waals surface area contributed by atoms with Crippen molar-refractivity contribution in [1.82, 2.24) is 24.3 Å². The van der Waals surface area contributed by atoms with Gasteiger partial charge in [-0.1, -0.05) is 31.2 Å². The minimum absolute atomic E-state index is 0.105. The number of nitrogens with zero attached hydrogens (tertiary/aromatic N) is 5. The number of aryl methyl sites for hydroxylation is 3. The number of morpholine rings is 1. The number of imidazole rings is 1. The maximum Gasteiger partial charge on any atom is 0.246 e. The van der Waals surface area contributed by atoms with Crippen LogP contribution in [0.25, 0.3) is 17.2 Å². The Hall–Kier alpha value is -3.03. The summed E-state index contributed by atoms with van der Waals surface area (Å²) in [6, 6.07) is 11.1. The van der Waals surface area contributed by atoms with Crippen molar-refractivity contribution in [3.05, 3.63) is 64.6 Å². The summed E-state index contributed by atoms with van der Waals surface area (Å²) >= 11 is 0. The Balaban J connectivity index is 1.20. The van der Waals surface area contributed by atoms with Gasteiger partial charge in [-0.15, -0.1) is 0 Å². The molecule has 0 spiro atoms. The zero-order valence-corrected chi connectivity index (χ0v) is 21.7. The summed E-state index contributed by atoms with van der Waals surface area (Å²) in [6.07, 6.45) is 6.61. The van der Waals surface area contributed by atoms with Crippen LogP contribution in [0.1, 0.15) is 48.0 Å². The summed E-state index contributed by atoms with van der Waals surface area (Å²) in [5.74, 6) is 1.16. The average molecular weight is 488 g/mol. The van der Waals surface area contributed by atoms with Gasteiger partial charge in [-0.25, -0.2) is 9.97 Å². The number of likely N-dealkylation sites (tertiary alicyclic amines) is 1. The molecule has 0 aliphatic carbocycles. The number of pyridine rings is 1. The first-order chi connectivity index (χ1) is 17.5. The van der Waals surface area contributed by atoms with Gasteiger partial charge in [0, 0.05) is 50.4 Å². The average Bonchev–Trinajstić information content (AvgIpc) is 3.26. The minimum Gasteiger partial charge on any atom is -0.379 e. The third-order valence-electron chi connectivity index (χ3n) is 7.49. The van der Waals surface area contributed by atoms with Gasteiger partial charge in [0.15, 0.2) is 5.65 Å². The summed E-state index contributed by atoms with van der Waals surface area (Å²) in [7, 11) is 0. The van der Waals surface area contributed by atoms with Crippen LogP contribution in [-0.4, -0.2) is 75.7 Å². The predicted molar refractivity (Wildman–Crippen MR) is 143 cm³/mol. The van der Waals surface area contributed by atoms with Crippen LogP contribution in [0.2, 0.25) is 0 Å². The lowest BCUT2D eigenvalue weighted by molar-refractivity contribution is -0.127. The van der Waals surface area contributed by atoms with Gasteiger partial charge in [-0.2, -0.15) is 0 Å². The van der Waals surface area contributed by atoms with E-state index in [0.717, 1.165) is 93.4 Å². The Bertz CT molecular complexity index is 1230. The molecule has 2 aliphatic rings. The van der Waals surface area contributed by atoms with E-state index in [1.165, 1.54) is 11.1 Å². The van der Waals surface area contributed by atoms with E-state index in [2.05, 4.69) is 53.6 Å². The third kappa shape index (κ3) is 5.37. The highest BCUT2D eigenvalue weighted by molar-refractivity contribution is 5.91. The molecule has 5 rings (SSSR count). The number of carbonyl (C=O) groups excluding carboxylic acids is 1. The summed E-state index contributed by atoms with van der Waals surface area (Å²) in [4.78, 5) is 26.9. The van der Waals surface area contributed by atoms with Crippen LogP contribution < -0.4 is 0 Å². The van der Waals surface area contributed by atoms with Gasteiger partial charge in [0.05, 0.1) is 19.8 Å². The van der Waals surface area contributed by atoms with Crippen molar-refractivity contribution in [3.63, 3.8) is 0 Å². The lowest BCUT2D eigenvalue weighted by Gasteiger charge is -2.39. The van der Waals surface area contributed by atoms with E-state index >= 15 is 0 Å². The molecule has 3 aromatic rings. The number of benzene rings is 1. The molecule has 7 nitrogen and oxygen atoms in total. The molecular weight excluding hydrogens is 450 g/mol. The smallest absolute Gasteiger partial charge is 0.246 e. The van der Waals surface area contributed by atoms with Crippen LogP contribution in [0.5, 0.6) is 0 Å². The van der Waals surface area contributed by atoms with E-state index in [1.807, 2.05) is 17.9 Å². The molecule has 1 aromatic carbocycles. The summed E-state index contributed by atoms with van der Waals surface area (Å²) in [6.45, 7) is 12.3. The van der Waals surface area contributed by atoms with Crippen LogP contribution in [0, 0.1) is 13.8 Å². The van der Waals surface area contributed by atoms with Gasteiger partial charge < -0.3 is 14.2 Å². The topological polar surface area (TPSA) is 63.5 Å². The van der Waals surface area contributed by atoms with Gasteiger partial charge >= 0.3 is 0 Å². The number of amides is 1. The lowest BCUT2D eigenvalue weighted by Crippen LogP contribution is -2.49. The van der Waals surface area contributed by atoms with E-state index in [4.69, 9.17) is 14.7 Å². The number of rotatable bonds is 6. The molecule has 0 saturated carbocycles. The van der Waals surface area contributed by atoms with Crippen molar-refractivity contribution in [2.24, 2.45) is 0 Å². The van der Waals surface area contributed by atoms with Crippen LogP contribution in [0.3, 0.4) is 0 Å². The number of fused-ring (bicyclic) bond motifs is 1. The van der Waals surface area contributed by atoms with Crippen LogP contribution in [-0.2, 0) is 22.5 Å². The monoisotopic (exact) mass is 487 g/mol. The highest BCUT2D eigenvalue weighted by atomic mass is 16.5. The maximum atomic E-state index is 12.8. The molecule has 2 saturated heterocycles.